The van der Waals surface area contributed by atoms with Gasteiger partial charge < -0.3 is 9.73 Å². The van der Waals surface area contributed by atoms with E-state index in [4.69, 9.17) is 4.42 Å². The number of hydrogen-bond acceptors (Lipinski definition) is 4. The summed E-state index contributed by atoms with van der Waals surface area (Å²) in [6, 6.07) is 1.90. The van der Waals surface area contributed by atoms with E-state index in [1.165, 1.54) is 0 Å². The highest BCUT2D eigenvalue weighted by Crippen LogP contribution is 2.22. The maximum atomic E-state index is 5.28. The summed E-state index contributed by atoms with van der Waals surface area (Å²) >= 11 is 0. The zero-order valence-electron chi connectivity index (χ0n) is 10.7. The molecule has 4 heteroatoms. The van der Waals surface area contributed by atoms with Gasteiger partial charge in [-0.05, 0) is 33.9 Å². The predicted molar refractivity (Wildman–Crippen MR) is 66.7 cm³/mol. The zero-order valence-corrected chi connectivity index (χ0v) is 10.7. The van der Waals surface area contributed by atoms with Crippen LogP contribution >= 0.6 is 0 Å². The summed E-state index contributed by atoms with van der Waals surface area (Å²) in [5.41, 5.74) is 4.16. The van der Waals surface area contributed by atoms with E-state index in [0.29, 0.717) is 0 Å². The topological polar surface area (TPSA) is 51.0 Å². The molecule has 0 aliphatic rings. The Morgan fingerprint density at radius 2 is 1.82 bits per heavy atom. The van der Waals surface area contributed by atoms with Crippen LogP contribution in [-0.4, -0.2) is 17.0 Å². The van der Waals surface area contributed by atoms with E-state index in [1.807, 2.05) is 33.9 Å². The fourth-order valence-corrected chi connectivity index (χ4v) is 1.91. The smallest absolute Gasteiger partial charge is 0.163 e. The van der Waals surface area contributed by atoms with Crippen molar-refractivity contribution in [1.29, 1.82) is 0 Å². The summed E-state index contributed by atoms with van der Waals surface area (Å²) in [5.74, 6) is 1.59. The van der Waals surface area contributed by atoms with Gasteiger partial charge in [0.25, 0.3) is 0 Å². The number of rotatable bonds is 3. The minimum absolute atomic E-state index is 0.742. The van der Waals surface area contributed by atoms with Crippen molar-refractivity contribution in [3.8, 4) is 11.4 Å². The molecular formula is C13H17N3O. The van der Waals surface area contributed by atoms with Gasteiger partial charge in [0.2, 0.25) is 0 Å². The molecule has 0 saturated carbocycles. The predicted octanol–water partition coefficient (Wildman–Crippen LogP) is 2.38. The number of aryl methyl sites for hydroxylation is 3. The van der Waals surface area contributed by atoms with Crippen LogP contribution in [0.4, 0.5) is 0 Å². The van der Waals surface area contributed by atoms with Gasteiger partial charge in [0.05, 0.1) is 11.8 Å². The third kappa shape index (κ3) is 2.22. The average Bonchev–Trinajstić information content (AvgIpc) is 2.69. The highest BCUT2D eigenvalue weighted by Gasteiger charge is 2.12. The Morgan fingerprint density at radius 3 is 2.29 bits per heavy atom. The first kappa shape index (κ1) is 11.8. The van der Waals surface area contributed by atoms with Crippen LogP contribution in [0, 0.1) is 20.8 Å². The van der Waals surface area contributed by atoms with E-state index in [2.05, 4.69) is 15.3 Å². The molecule has 0 aromatic carbocycles. The average molecular weight is 231 g/mol. The highest BCUT2D eigenvalue weighted by atomic mass is 16.3. The Balaban J connectivity index is 2.49. The summed E-state index contributed by atoms with van der Waals surface area (Å²) in [6.07, 6.45) is 1.67. The van der Waals surface area contributed by atoms with Crippen molar-refractivity contribution in [3.63, 3.8) is 0 Å². The summed E-state index contributed by atoms with van der Waals surface area (Å²) in [6.45, 7) is 6.74. The van der Waals surface area contributed by atoms with Crippen LogP contribution < -0.4 is 5.32 Å². The SMILES string of the molecule is CNCc1c(C)nc(-c2ccoc2C)nc1C. The second-order valence-electron chi connectivity index (χ2n) is 4.12. The Labute approximate surface area is 101 Å². The lowest BCUT2D eigenvalue weighted by atomic mass is 10.1. The molecule has 2 aromatic rings. The van der Waals surface area contributed by atoms with Gasteiger partial charge in [0.15, 0.2) is 5.82 Å². The molecule has 2 aromatic heterocycles. The summed E-state index contributed by atoms with van der Waals surface area (Å²) in [7, 11) is 1.92. The molecule has 0 bridgehead atoms. The van der Waals surface area contributed by atoms with Crippen LogP contribution in [-0.2, 0) is 6.54 Å². The first-order valence-electron chi connectivity index (χ1n) is 5.66. The van der Waals surface area contributed by atoms with Crippen LogP contribution in [0.1, 0.15) is 22.7 Å². The summed E-state index contributed by atoms with van der Waals surface area (Å²) in [4.78, 5) is 9.09. The molecule has 0 atom stereocenters. The Bertz CT molecular complexity index is 508. The number of nitrogens with one attached hydrogen (secondary N) is 1. The highest BCUT2D eigenvalue weighted by molar-refractivity contribution is 5.57. The quantitative estimate of drug-likeness (QED) is 0.881. The lowest BCUT2D eigenvalue weighted by molar-refractivity contribution is 0.535. The lowest BCUT2D eigenvalue weighted by Crippen LogP contribution is -2.11. The molecule has 4 nitrogen and oxygen atoms in total. The molecule has 0 saturated heterocycles. The van der Waals surface area contributed by atoms with Gasteiger partial charge >= 0.3 is 0 Å². The second-order valence-corrected chi connectivity index (χ2v) is 4.12. The van der Waals surface area contributed by atoms with Crippen molar-refractivity contribution >= 4 is 0 Å². The lowest BCUT2D eigenvalue weighted by Gasteiger charge is -2.09. The maximum absolute atomic E-state index is 5.28. The van der Waals surface area contributed by atoms with Gasteiger partial charge in [0.1, 0.15) is 5.76 Å². The second kappa shape index (κ2) is 4.67. The van der Waals surface area contributed by atoms with E-state index >= 15 is 0 Å². The van der Waals surface area contributed by atoms with E-state index in [0.717, 1.165) is 40.6 Å². The molecule has 0 amide bonds. The maximum Gasteiger partial charge on any atom is 0.163 e. The number of aromatic nitrogens is 2. The summed E-state index contributed by atoms with van der Waals surface area (Å²) < 4.78 is 5.28. The van der Waals surface area contributed by atoms with Gasteiger partial charge in [0, 0.05) is 23.5 Å². The fraction of sp³-hybridized carbons (Fsp3) is 0.385. The van der Waals surface area contributed by atoms with Crippen LogP contribution in [0.15, 0.2) is 16.7 Å². The van der Waals surface area contributed by atoms with Gasteiger partial charge in [-0.25, -0.2) is 9.97 Å². The number of hydrogen-bond donors (Lipinski definition) is 1. The molecule has 0 aliphatic carbocycles. The minimum Gasteiger partial charge on any atom is -0.469 e. The molecule has 2 heterocycles. The molecule has 0 radical (unpaired) electrons. The van der Waals surface area contributed by atoms with Crippen LogP contribution in [0.25, 0.3) is 11.4 Å². The monoisotopic (exact) mass is 231 g/mol. The molecule has 1 N–H and O–H groups in total. The van der Waals surface area contributed by atoms with Crippen LogP contribution in [0.2, 0.25) is 0 Å². The Hall–Kier alpha value is -1.68. The molecule has 0 spiro atoms. The Morgan fingerprint density at radius 1 is 1.18 bits per heavy atom. The van der Waals surface area contributed by atoms with Crippen molar-refractivity contribution in [2.75, 3.05) is 7.05 Å². The minimum atomic E-state index is 0.742. The van der Waals surface area contributed by atoms with Crippen molar-refractivity contribution in [1.82, 2.24) is 15.3 Å². The number of nitrogens with zero attached hydrogens (tertiary/aromatic N) is 2. The third-order valence-corrected chi connectivity index (χ3v) is 2.87. The van der Waals surface area contributed by atoms with Gasteiger partial charge in [-0.15, -0.1) is 0 Å². The first-order valence-corrected chi connectivity index (χ1v) is 5.66. The fourth-order valence-electron chi connectivity index (χ4n) is 1.91. The van der Waals surface area contributed by atoms with Crippen LogP contribution in [0.3, 0.4) is 0 Å². The molecule has 0 aliphatic heterocycles. The largest absolute Gasteiger partial charge is 0.469 e. The van der Waals surface area contributed by atoms with Crippen molar-refractivity contribution < 1.29 is 4.42 Å². The molecule has 17 heavy (non-hydrogen) atoms. The van der Waals surface area contributed by atoms with Gasteiger partial charge in [-0.2, -0.15) is 0 Å². The van der Waals surface area contributed by atoms with E-state index in [1.54, 1.807) is 6.26 Å². The van der Waals surface area contributed by atoms with Crippen molar-refractivity contribution in [2.24, 2.45) is 0 Å². The standard InChI is InChI=1S/C13H17N3O/c1-8-12(7-14-4)9(2)16-13(15-8)11-5-6-17-10(11)3/h5-6,14H,7H2,1-4H3. The molecule has 0 unspecified atom stereocenters. The van der Waals surface area contributed by atoms with E-state index in [9.17, 15) is 0 Å². The van der Waals surface area contributed by atoms with Gasteiger partial charge in [-0.1, -0.05) is 0 Å². The van der Waals surface area contributed by atoms with Crippen LogP contribution in [0.5, 0.6) is 0 Å². The summed E-state index contributed by atoms with van der Waals surface area (Å²) in [5, 5.41) is 3.13. The van der Waals surface area contributed by atoms with Gasteiger partial charge in [-0.3, -0.25) is 0 Å². The van der Waals surface area contributed by atoms with Crippen molar-refractivity contribution in [2.45, 2.75) is 27.3 Å². The molecular weight excluding hydrogens is 214 g/mol. The third-order valence-electron chi connectivity index (χ3n) is 2.87. The normalized spacial score (nSPS) is 10.8. The molecule has 2 rings (SSSR count). The molecule has 90 valence electrons. The first-order chi connectivity index (χ1) is 8.13. The van der Waals surface area contributed by atoms with E-state index < -0.39 is 0 Å². The Kier molecular flexibility index (Phi) is 3.24. The number of furan rings is 1. The van der Waals surface area contributed by atoms with Crippen molar-refractivity contribution in [3.05, 3.63) is 35.0 Å². The molecule has 0 fully saturated rings. The zero-order chi connectivity index (χ0) is 12.4. The van der Waals surface area contributed by atoms with E-state index in [-0.39, 0.29) is 0 Å².